The molecule has 2 atom stereocenters. The van der Waals surface area contributed by atoms with Gasteiger partial charge in [0.1, 0.15) is 12.4 Å². The number of ether oxygens (including phenoxy) is 1. The van der Waals surface area contributed by atoms with Gasteiger partial charge < -0.3 is 19.6 Å². The van der Waals surface area contributed by atoms with Crippen LogP contribution in [-0.4, -0.2) is 48.4 Å². The van der Waals surface area contributed by atoms with Crippen molar-refractivity contribution in [2.75, 3.05) is 31.1 Å². The molecule has 2 aromatic carbocycles. The number of hydrogen-bond donors (Lipinski definition) is 1. The summed E-state index contributed by atoms with van der Waals surface area (Å²) in [6.07, 6.45) is 0.627. The number of fused-ring (bicyclic) bond motifs is 3. The van der Waals surface area contributed by atoms with Crippen LogP contribution < -0.4 is 9.64 Å². The molecule has 1 N–H and O–H groups in total. The second-order valence-corrected chi connectivity index (χ2v) is 7.96. The van der Waals surface area contributed by atoms with Gasteiger partial charge in [0.15, 0.2) is 0 Å². The molecule has 28 heavy (non-hydrogen) atoms. The van der Waals surface area contributed by atoms with Crippen molar-refractivity contribution in [1.29, 1.82) is 0 Å². The van der Waals surface area contributed by atoms with Crippen molar-refractivity contribution in [2.45, 2.75) is 24.8 Å². The van der Waals surface area contributed by atoms with E-state index < -0.39 is 6.09 Å². The first-order valence-corrected chi connectivity index (χ1v) is 10.2. The van der Waals surface area contributed by atoms with Gasteiger partial charge in [0.05, 0.1) is 16.6 Å². The minimum absolute atomic E-state index is 0.169. The van der Waals surface area contributed by atoms with Gasteiger partial charge in [-0.3, -0.25) is 0 Å². The van der Waals surface area contributed by atoms with Gasteiger partial charge in [-0.15, -0.1) is 0 Å². The van der Waals surface area contributed by atoms with Crippen LogP contribution in [0.3, 0.4) is 0 Å². The van der Waals surface area contributed by atoms with E-state index in [0.29, 0.717) is 36.3 Å². The zero-order chi connectivity index (χ0) is 19.7. The highest BCUT2D eigenvalue weighted by Gasteiger charge is 2.42. The van der Waals surface area contributed by atoms with Crippen molar-refractivity contribution in [3.05, 3.63) is 58.1 Å². The normalized spacial score (nSPS) is 21.1. The molecule has 148 valence electrons. The molecule has 2 aromatic rings. The van der Waals surface area contributed by atoms with E-state index in [0.717, 1.165) is 29.8 Å². The van der Waals surface area contributed by atoms with Crippen LogP contribution in [0.5, 0.6) is 5.75 Å². The Labute approximate surface area is 174 Å². The third-order valence-corrected chi connectivity index (χ3v) is 6.49. The largest absolute Gasteiger partial charge is 0.492 e. The van der Waals surface area contributed by atoms with Crippen LogP contribution in [0.25, 0.3) is 0 Å². The second kappa shape index (κ2) is 8.10. The molecule has 1 saturated heterocycles. The van der Waals surface area contributed by atoms with Gasteiger partial charge in [0, 0.05) is 36.3 Å². The van der Waals surface area contributed by atoms with Crippen molar-refractivity contribution in [3.63, 3.8) is 0 Å². The van der Waals surface area contributed by atoms with Gasteiger partial charge >= 0.3 is 6.09 Å². The summed E-state index contributed by atoms with van der Waals surface area (Å²) in [4.78, 5) is 15.3. The number of anilines is 1. The first-order chi connectivity index (χ1) is 13.6. The number of amides is 1. The number of rotatable bonds is 4. The fraction of sp³-hybridized carbons (Fsp3) is 0.381. The van der Waals surface area contributed by atoms with Crippen molar-refractivity contribution in [1.82, 2.24) is 4.90 Å². The monoisotopic (exact) mass is 420 g/mol. The quantitative estimate of drug-likeness (QED) is 0.745. The Kier molecular flexibility index (Phi) is 5.56. The van der Waals surface area contributed by atoms with Crippen molar-refractivity contribution < 1.29 is 14.6 Å². The summed E-state index contributed by atoms with van der Waals surface area (Å²) in [5.74, 6) is 1.01. The van der Waals surface area contributed by atoms with Gasteiger partial charge in [-0.1, -0.05) is 41.4 Å². The zero-order valence-electron chi connectivity index (χ0n) is 15.4. The summed E-state index contributed by atoms with van der Waals surface area (Å²) in [6.45, 7) is 2.27. The minimum atomic E-state index is -0.864. The number of likely N-dealkylation sites (tertiary alicyclic amines) is 1. The van der Waals surface area contributed by atoms with E-state index in [-0.39, 0.29) is 12.0 Å². The Morgan fingerprint density at radius 2 is 1.86 bits per heavy atom. The molecule has 2 aliphatic heterocycles. The van der Waals surface area contributed by atoms with E-state index in [1.54, 1.807) is 0 Å². The van der Waals surface area contributed by atoms with Crippen LogP contribution in [0.1, 0.15) is 24.3 Å². The molecule has 0 unspecified atom stereocenters. The van der Waals surface area contributed by atoms with E-state index >= 15 is 0 Å². The van der Waals surface area contributed by atoms with E-state index in [4.69, 9.17) is 27.9 Å². The first-order valence-electron chi connectivity index (χ1n) is 9.46. The maximum atomic E-state index is 11.4. The number of benzene rings is 2. The van der Waals surface area contributed by atoms with Crippen LogP contribution in [0.4, 0.5) is 10.5 Å². The summed E-state index contributed by atoms with van der Waals surface area (Å²) >= 11 is 12.9. The topological polar surface area (TPSA) is 53.0 Å². The highest BCUT2D eigenvalue weighted by Crippen LogP contribution is 2.50. The first kappa shape index (κ1) is 19.2. The lowest BCUT2D eigenvalue weighted by Crippen LogP contribution is -2.38. The third-order valence-electron chi connectivity index (χ3n) is 5.67. The number of para-hydroxylation sites is 1. The molecule has 7 heteroatoms. The van der Waals surface area contributed by atoms with E-state index in [1.807, 2.05) is 42.5 Å². The second-order valence-electron chi connectivity index (χ2n) is 7.17. The maximum Gasteiger partial charge on any atom is 0.407 e. The van der Waals surface area contributed by atoms with Gasteiger partial charge in [0.25, 0.3) is 0 Å². The molecule has 0 spiro atoms. The molecule has 1 fully saturated rings. The Bertz CT molecular complexity index is 862. The summed E-state index contributed by atoms with van der Waals surface area (Å²) in [5, 5.41) is 10.5. The molecule has 0 saturated carbocycles. The summed E-state index contributed by atoms with van der Waals surface area (Å²) in [5.41, 5.74) is 2.14. The average Bonchev–Trinajstić information content (AvgIpc) is 2.84. The van der Waals surface area contributed by atoms with Crippen LogP contribution in [0.15, 0.2) is 42.5 Å². The summed E-state index contributed by atoms with van der Waals surface area (Å²) in [7, 11) is 0. The molecular formula is C21H22Cl2N2O3. The molecule has 4 rings (SSSR count). The molecule has 2 heterocycles. The van der Waals surface area contributed by atoms with E-state index in [2.05, 4.69) is 4.90 Å². The minimum Gasteiger partial charge on any atom is -0.492 e. The molecular weight excluding hydrogens is 399 g/mol. The lowest BCUT2D eigenvalue weighted by atomic mass is 9.91. The Balaban J connectivity index is 1.58. The van der Waals surface area contributed by atoms with Gasteiger partial charge in [0.2, 0.25) is 0 Å². The molecule has 1 amide bonds. The standard InChI is InChI=1S/C21H22Cl2N2O3/c22-16-6-7-18-19(20(16)23)15-8-10-24(21(26)27)11-9-17(15)25(18)12-13-28-14-4-2-1-3-5-14/h1-7,15,17H,8-13H2,(H,26,27)/t15-,17+/m1/s1. The molecule has 0 radical (unpaired) electrons. The Morgan fingerprint density at radius 1 is 1.11 bits per heavy atom. The van der Waals surface area contributed by atoms with Crippen molar-refractivity contribution in [3.8, 4) is 5.75 Å². The van der Waals surface area contributed by atoms with Crippen LogP contribution >= 0.6 is 23.2 Å². The Morgan fingerprint density at radius 3 is 2.61 bits per heavy atom. The SMILES string of the molecule is O=C(O)N1CC[C@H]2c3c(ccc(Cl)c3Cl)N(CCOc3ccccc3)[C@H]2CC1. The number of nitrogens with zero attached hydrogens (tertiary/aromatic N) is 2. The molecule has 0 aliphatic carbocycles. The fourth-order valence-electron chi connectivity index (χ4n) is 4.39. The van der Waals surface area contributed by atoms with Gasteiger partial charge in [-0.25, -0.2) is 4.79 Å². The Hall–Kier alpha value is -2.11. The van der Waals surface area contributed by atoms with E-state index in [1.165, 1.54) is 4.90 Å². The van der Waals surface area contributed by atoms with Crippen LogP contribution in [-0.2, 0) is 0 Å². The predicted molar refractivity (Wildman–Crippen MR) is 111 cm³/mol. The lowest BCUT2D eigenvalue weighted by Gasteiger charge is -2.29. The molecule has 2 aliphatic rings. The zero-order valence-corrected chi connectivity index (χ0v) is 16.9. The highest BCUT2D eigenvalue weighted by molar-refractivity contribution is 6.42. The fourth-order valence-corrected chi connectivity index (χ4v) is 4.86. The number of hydrogen-bond acceptors (Lipinski definition) is 3. The van der Waals surface area contributed by atoms with Crippen molar-refractivity contribution >= 4 is 35.0 Å². The summed E-state index contributed by atoms with van der Waals surface area (Å²) < 4.78 is 5.90. The molecule has 5 nitrogen and oxygen atoms in total. The van der Waals surface area contributed by atoms with Crippen LogP contribution in [0, 0.1) is 0 Å². The highest BCUT2D eigenvalue weighted by atomic mass is 35.5. The van der Waals surface area contributed by atoms with Crippen molar-refractivity contribution in [2.24, 2.45) is 0 Å². The number of carbonyl (C=O) groups is 1. The molecule has 0 aromatic heterocycles. The number of halogens is 2. The average molecular weight is 421 g/mol. The predicted octanol–water partition coefficient (Wildman–Crippen LogP) is 5.12. The van der Waals surface area contributed by atoms with Gasteiger partial charge in [-0.2, -0.15) is 0 Å². The summed E-state index contributed by atoms with van der Waals surface area (Å²) in [6, 6.07) is 13.8. The number of carboxylic acid groups (broad SMARTS) is 1. The van der Waals surface area contributed by atoms with Gasteiger partial charge in [-0.05, 0) is 37.1 Å². The maximum absolute atomic E-state index is 11.4. The third kappa shape index (κ3) is 3.61. The van der Waals surface area contributed by atoms with Crippen LogP contribution in [0.2, 0.25) is 10.0 Å². The lowest BCUT2D eigenvalue weighted by molar-refractivity contribution is 0.146. The smallest absolute Gasteiger partial charge is 0.407 e. The van der Waals surface area contributed by atoms with E-state index in [9.17, 15) is 9.90 Å². The molecule has 0 bridgehead atoms.